The number of hydrogen-bond acceptors (Lipinski definition) is 9. The minimum atomic E-state index is -3.96. The van der Waals surface area contributed by atoms with Crippen LogP contribution in [0.25, 0.3) is 0 Å². The number of carbonyl (C=O) groups excluding carboxylic acids is 5. The van der Waals surface area contributed by atoms with Gasteiger partial charge in [-0.2, -0.15) is 0 Å². The molecule has 0 radical (unpaired) electrons. The van der Waals surface area contributed by atoms with Crippen molar-refractivity contribution in [2.45, 2.75) is 122 Å². The molecule has 286 valence electrons. The van der Waals surface area contributed by atoms with E-state index < -0.39 is 97.1 Å². The van der Waals surface area contributed by atoms with E-state index >= 15 is 0 Å². The summed E-state index contributed by atoms with van der Waals surface area (Å²) in [4.78, 5) is 71.7. The van der Waals surface area contributed by atoms with Gasteiger partial charge in [0.1, 0.15) is 35.1 Å². The van der Waals surface area contributed by atoms with Crippen LogP contribution in [0.1, 0.15) is 85.8 Å². The SMILES string of the molecule is C=C[C@@H]1C[C@]1(NC(=O)[C@H]1N(C(=O)[C@@H](NC(=O)OC(C)(C)C)C(C)(C)C)C[C@H](OC(=O)N2Cc3cccc(F)c3C2)C1(C)C)C(=O)NS(=O)(=O)C1CC1. The molecule has 1 aromatic carbocycles. The number of rotatable bonds is 9. The molecule has 2 saturated carbocycles. The molecule has 0 unspecified atom stereocenters. The van der Waals surface area contributed by atoms with Gasteiger partial charge in [-0.15, -0.1) is 6.58 Å². The molecule has 2 aliphatic heterocycles. The summed E-state index contributed by atoms with van der Waals surface area (Å²) in [7, 11) is -3.96. The minimum absolute atomic E-state index is 0.0310. The number of carbonyl (C=O) groups is 5. The van der Waals surface area contributed by atoms with E-state index in [0.29, 0.717) is 24.0 Å². The van der Waals surface area contributed by atoms with E-state index in [0.717, 1.165) is 0 Å². The summed E-state index contributed by atoms with van der Waals surface area (Å²) >= 11 is 0. The number of hydrogen-bond donors (Lipinski definition) is 3. The Morgan fingerprint density at radius 3 is 2.25 bits per heavy atom. The maximum Gasteiger partial charge on any atom is 0.410 e. The zero-order valence-corrected chi connectivity index (χ0v) is 31.8. The lowest BCUT2D eigenvalue weighted by Gasteiger charge is -2.38. The van der Waals surface area contributed by atoms with E-state index in [9.17, 15) is 36.8 Å². The highest BCUT2D eigenvalue weighted by Gasteiger charge is 2.64. The van der Waals surface area contributed by atoms with Gasteiger partial charge in [0.15, 0.2) is 0 Å². The summed E-state index contributed by atoms with van der Waals surface area (Å²) in [6, 6.07) is 1.99. The second-order valence-electron chi connectivity index (χ2n) is 16.9. The molecule has 3 fully saturated rings. The van der Waals surface area contributed by atoms with Crippen molar-refractivity contribution in [1.82, 2.24) is 25.2 Å². The van der Waals surface area contributed by atoms with Crippen LogP contribution in [-0.4, -0.2) is 89.2 Å². The Hall–Kier alpha value is -4.21. The minimum Gasteiger partial charge on any atom is -0.444 e. The van der Waals surface area contributed by atoms with Crippen molar-refractivity contribution < 1.29 is 46.3 Å². The van der Waals surface area contributed by atoms with E-state index in [4.69, 9.17) is 9.47 Å². The van der Waals surface area contributed by atoms with Crippen molar-refractivity contribution in [2.75, 3.05) is 6.54 Å². The average Bonchev–Trinajstić information content (AvgIpc) is 3.92. The number of halogens is 1. The molecule has 3 N–H and O–H groups in total. The number of alkyl carbamates (subject to hydrolysis) is 1. The van der Waals surface area contributed by atoms with E-state index in [1.165, 1.54) is 21.9 Å². The van der Waals surface area contributed by atoms with E-state index in [1.807, 2.05) is 0 Å². The maximum atomic E-state index is 14.6. The molecular formula is C36H50FN5O9S. The smallest absolute Gasteiger partial charge is 0.410 e. The quantitative estimate of drug-likeness (QED) is 0.319. The molecule has 4 aliphatic rings. The fourth-order valence-electron chi connectivity index (χ4n) is 6.93. The molecule has 14 nitrogen and oxygen atoms in total. The van der Waals surface area contributed by atoms with Crippen LogP contribution in [0.2, 0.25) is 0 Å². The molecule has 5 rings (SSSR count). The van der Waals surface area contributed by atoms with Gasteiger partial charge in [-0.3, -0.25) is 24.0 Å². The van der Waals surface area contributed by atoms with Crippen LogP contribution in [0.4, 0.5) is 14.0 Å². The van der Waals surface area contributed by atoms with Crippen LogP contribution in [0, 0.1) is 22.6 Å². The molecular weight excluding hydrogens is 697 g/mol. The van der Waals surface area contributed by atoms with Crippen molar-refractivity contribution in [1.29, 1.82) is 0 Å². The van der Waals surface area contributed by atoms with Gasteiger partial charge in [0.25, 0.3) is 5.91 Å². The van der Waals surface area contributed by atoms with E-state index in [2.05, 4.69) is 21.9 Å². The summed E-state index contributed by atoms with van der Waals surface area (Å²) < 4.78 is 53.5. The number of nitrogens with one attached hydrogen (secondary N) is 3. The number of nitrogens with zero attached hydrogens (tertiary/aromatic N) is 2. The molecule has 52 heavy (non-hydrogen) atoms. The Morgan fingerprint density at radius 2 is 1.71 bits per heavy atom. The molecule has 1 saturated heterocycles. The number of amides is 5. The monoisotopic (exact) mass is 747 g/mol. The summed E-state index contributed by atoms with van der Waals surface area (Å²) in [5, 5.41) is 4.71. The third kappa shape index (κ3) is 7.76. The first-order chi connectivity index (χ1) is 23.9. The first-order valence-electron chi connectivity index (χ1n) is 17.4. The van der Waals surface area contributed by atoms with Crippen molar-refractivity contribution >= 4 is 39.9 Å². The van der Waals surface area contributed by atoms with Gasteiger partial charge in [0, 0.05) is 23.4 Å². The van der Waals surface area contributed by atoms with Crippen LogP contribution in [0.15, 0.2) is 30.9 Å². The average molecular weight is 748 g/mol. The number of fused-ring (bicyclic) bond motifs is 1. The predicted octanol–water partition coefficient (Wildman–Crippen LogP) is 3.49. The fraction of sp³-hybridized carbons (Fsp3) is 0.639. The fourth-order valence-corrected chi connectivity index (χ4v) is 8.30. The first-order valence-corrected chi connectivity index (χ1v) is 19.0. The van der Waals surface area contributed by atoms with Gasteiger partial charge in [0.05, 0.1) is 18.3 Å². The molecule has 16 heteroatoms. The summed E-state index contributed by atoms with van der Waals surface area (Å²) in [6.45, 7) is 17.0. The molecule has 2 heterocycles. The number of likely N-dealkylation sites (tertiary alicyclic amines) is 1. The third-order valence-corrected chi connectivity index (χ3v) is 12.0. The maximum absolute atomic E-state index is 14.6. The number of ether oxygens (including phenoxy) is 2. The lowest BCUT2D eigenvalue weighted by Crippen LogP contribution is -2.62. The number of sulfonamides is 1. The molecule has 1 aromatic rings. The highest BCUT2D eigenvalue weighted by atomic mass is 32.2. The first kappa shape index (κ1) is 39.0. The van der Waals surface area contributed by atoms with Crippen molar-refractivity contribution in [2.24, 2.45) is 16.7 Å². The van der Waals surface area contributed by atoms with Gasteiger partial charge < -0.3 is 25.0 Å². The highest BCUT2D eigenvalue weighted by Crippen LogP contribution is 2.47. The standard InChI is InChI=1S/C36H50FN5O9S/c1-10-21-16-36(21,30(45)40-52(48,49)22-14-15-22)39-28(43)27-35(8,9)25(50-32(47)41-17-20-12-11-13-24(37)23(20)18-41)19-42(27)29(44)26(33(2,3)4)38-31(46)51-34(5,6)7/h10-13,21-22,25-27H,1,14-19H2,2-9H3,(H,38,46)(H,39,43)(H,40,45)/t21-,25+,26-,27-,36-/m1/s1. The van der Waals surface area contributed by atoms with E-state index in [1.54, 1.807) is 67.5 Å². The Morgan fingerprint density at radius 1 is 1.06 bits per heavy atom. The lowest BCUT2D eigenvalue weighted by atomic mass is 9.81. The normalized spacial score (nSPS) is 25.8. The van der Waals surface area contributed by atoms with Crippen molar-refractivity contribution in [3.05, 3.63) is 47.8 Å². The molecule has 5 amide bonds. The third-order valence-electron chi connectivity index (χ3n) is 10.2. The summed E-state index contributed by atoms with van der Waals surface area (Å²) in [6.07, 6.45) is -0.348. The molecule has 0 bridgehead atoms. The predicted molar refractivity (Wildman–Crippen MR) is 187 cm³/mol. The van der Waals surface area contributed by atoms with Gasteiger partial charge >= 0.3 is 12.2 Å². The molecule has 5 atom stereocenters. The van der Waals surface area contributed by atoms with Gasteiger partial charge in [-0.25, -0.2) is 22.4 Å². The summed E-state index contributed by atoms with van der Waals surface area (Å²) in [5.74, 6) is -3.42. The topological polar surface area (TPSA) is 181 Å². The zero-order valence-electron chi connectivity index (χ0n) is 31.0. The highest BCUT2D eigenvalue weighted by molar-refractivity contribution is 7.91. The Kier molecular flexibility index (Phi) is 10.00. The van der Waals surface area contributed by atoms with Gasteiger partial charge in [-0.05, 0) is 57.1 Å². The Labute approximate surface area is 304 Å². The zero-order chi connectivity index (χ0) is 38.8. The molecule has 0 aromatic heterocycles. The van der Waals surface area contributed by atoms with Crippen molar-refractivity contribution in [3.63, 3.8) is 0 Å². The van der Waals surface area contributed by atoms with E-state index in [-0.39, 0.29) is 26.1 Å². The summed E-state index contributed by atoms with van der Waals surface area (Å²) in [5.41, 5.74) is -3.72. The van der Waals surface area contributed by atoms with Crippen LogP contribution in [0.3, 0.4) is 0 Å². The van der Waals surface area contributed by atoms with Crippen LogP contribution in [-0.2, 0) is 47.0 Å². The molecule has 2 aliphatic carbocycles. The van der Waals surface area contributed by atoms with Crippen molar-refractivity contribution in [3.8, 4) is 0 Å². The van der Waals surface area contributed by atoms with Crippen LogP contribution < -0.4 is 15.4 Å². The van der Waals surface area contributed by atoms with Gasteiger partial charge in [0.2, 0.25) is 21.8 Å². The molecule has 0 spiro atoms. The number of benzene rings is 1. The van der Waals surface area contributed by atoms with Gasteiger partial charge in [-0.1, -0.05) is 52.8 Å². The van der Waals surface area contributed by atoms with Crippen LogP contribution in [0.5, 0.6) is 0 Å². The largest absolute Gasteiger partial charge is 0.444 e. The lowest BCUT2D eigenvalue weighted by molar-refractivity contribution is -0.145. The Balaban J connectivity index is 1.45. The second kappa shape index (κ2) is 13.3. The van der Waals surface area contributed by atoms with Crippen LogP contribution >= 0.6 is 0 Å². The second-order valence-corrected chi connectivity index (χ2v) is 18.9. The Bertz CT molecular complexity index is 1780.